The molecule has 1 aromatic rings. The first-order valence-electron chi connectivity index (χ1n) is 6.28. The van der Waals surface area contributed by atoms with E-state index in [-0.39, 0.29) is 0 Å². The molecule has 4 heteroatoms. The first kappa shape index (κ1) is 15.1. The first-order chi connectivity index (χ1) is 9.12. The minimum Gasteiger partial charge on any atom is -0.497 e. The lowest BCUT2D eigenvalue weighted by Gasteiger charge is -2.13. The smallest absolute Gasteiger partial charge is 0.328 e. The van der Waals surface area contributed by atoms with Crippen LogP contribution >= 0.6 is 0 Å². The molecule has 0 unspecified atom stereocenters. The van der Waals surface area contributed by atoms with Crippen molar-refractivity contribution in [2.24, 2.45) is 0 Å². The Bertz CT molecular complexity index is 463. The highest BCUT2D eigenvalue weighted by atomic mass is 16.5. The molecule has 104 valence electrons. The Morgan fingerprint density at radius 2 is 2.05 bits per heavy atom. The van der Waals surface area contributed by atoms with Crippen molar-refractivity contribution >= 4 is 11.5 Å². The van der Waals surface area contributed by atoms with Crippen LogP contribution in [0, 0.1) is 0 Å². The zero-order chi connectivity index (χ0) is 14.3. The van der Waals surface area contributed by atoms with Gasteiger partial charge in [0.05, 0.1) is 14.2 Å². The predicted molar refractivity (Wildman–Crippen MR) is 74.7 cm³/mol. The minimum atomic E-state index is -0.941. The summed E-state index contributed by atoms with van der Waals surface area (Å²) in [6, 6.07) is 5.40. The minimum absolute atomic E-state index is 0.628. The molecule has 0 radical (unpaired) electrons. The summed E-state index contributed by atoms with van der Waals surface area (Å²) in [5.74, 6) is 0.373. The zero-order valence-corrected chi connectivity index (χ0v) is 11.6. The Labute approximate surface area is 113 Å². The maximum Gasteiger partial charge on any atom is 0.328 e. The molecule has 1 aromatic carbocycles. The van der Waals surface area contributed by atoms with Crippen LogP contribution in [0.4, 0.5) is 0 Å². The number of carbonyl (C=O) groups is 1. The molecular formula is C15H20O4. The number of rotatable bonds is 7. The fourth-order valence-corrected chi connectivity index (χ4v) is 1.86. The van der Waals surface area contributed by atoms with E-state index in [4.69, 9.17) is 14.6 Å². The molecule has 0 heterocycles. The molecule has 0 aliphatic heterocycles. The molecule has 0 bridgehead atoms. The van der Waals surface area contributed by atoms with E-state index in [0.29, 0.717) is 17.9 Å². The molecule has 1 rings (SSSR count). The van der Waals surface area contributed by atoms with Crippen molar-refractivity contribution in [2.75, 3.05) is 14.2 Å². The number of carboxylic acid groups (broad SMARTS) is 1. The van der Waals surface area contributed by atoms with Crippen molar-refractivity contribution in [3.63, 3.8) is 0 Å². The van der Waals surface area contributed by atoms with Crippen LogP contribution in [0.25, 0.3) is 5.57 Å². The molecule has 0 amide bonds. The third kappa shape index (κ3) is 4.32. The lowest BCUT2D eigenvalue weighted by molar-refractivity contribution is -0.131. The second-order valence-corrected chi connectivity index (χ2v) is 4.18. The molecule has 0 aliphatic rings. The fraction of sp³-hybridized carbons (Fsp3) is 0.400. The van der Waals surface area contributed by atoms with E-state index in [1.54, 1.807) is 26.4 Å². The van der Waals surface area contributed by atoms with Gasteiger partial charge in [-0.1, -0.05) is 13.3 Å². The molecule has 0 spiro atoms. The molecule has 0 aliphatic carbocycles. The quantitative estimate of drug-likeness (QED) is 0.767. The maximum atomic E-state index is 10.9. The van der Waals surface area contributed by atoms with Crippen LogP contribution in [0.1, 0.15) is 31.7 Å². The number of unbranched alkanes of at least 4 members (excludes halogenated alkanes) is 1. The van der Waals surface area contributed by atoms with Gasteiger partial charge in [-0.3, -0.25) is 0 Å². The van der Waals surface area contributed by atoms with Crippen molar-refractivity contribution in [1.82, 2.24) is 0 Å². The lowest BCUT2D eigenvalue weighted by Crippen LogP contribution is -1.97. The summed E-state index contributed by atoms with van der Waals surface area (Å²) in [5.41, 5.74) is 1.58. The SMILES string of the molecule is CCCC/C(=C/C(=O)O)c1ccc(OC)cc1OC. The van der Waals surface area contributed by atoms with E-state index >= 15 is 0 Å². The first-order valence-corrected chi connectivity index (χ1v) is 6.28. The number of carboxylic acids is 1. The van der Waals surface area contributed by atoms with Crippen LogP contribution in [-0.4, -0.2) is 25.3 Å². The Balaban J connectivity index is 3.17. The van der Waals surface area contributed by atoms with Gasteiger partial charge in [-0.15, -0.1) is 0 Å². The van der Waals surface area contributed by atoms with Crippen LogP contribution in [0.15, 0.2) is 24.3 Å². The highest BCUT2D eigenvalue weighted by Gasteiger charge is 2.11. The van der Waals surface area contributed by atoms with Crippen LogP contribution < -0.4 is 9.47 Å². The topological polar surface area (TPSA) is 55.8 Å². The predicted octanol–water partition coefficient (Wildman–Crippen LogP) is 3.36. The molecule has 4 nitrogen and oxygen atoms in total. The Hall–Kier alpha value is -1.97. The molecule has 0 atom stereocenters. The Morgan fingerprint density at radius 3 is 2.58 bits per heavy atom. The summed E-state index contributed by atoms with van der Waals surface area (Å²) in [6.45, 7) is 2.07. The maximum absolute atomic E-state index is 10.9. The van der Waals surface area contributed by atoms with Crippen LogP contribution in [0.3, 0.4) is 0 Å². The number of allylic oxidation sites excluding steroid dienone is 1. The number of hydrogen-bond donors (Lipinski definition) is 1. The van der Waals surface area contributed by atoms with Crippen molar-refractivity contribution in [3.8, 4) is 11.5 Å². The van der Waals surface area contributed by atoms with Crippen LogP contribution in [-0.2, 0) is 4.79 Å². The highest BCUT2D eigenvalue weighted by molar-refractivity contribution is 5.91. The molecule has 0 fully saturated rings. The second kappa shape index (κ2) is 7.46. The van der Waals surface area contributed by atoms with Crippen molar-refractivity contribution in [3.05, 3.63) is 29.8 Å². The second-order valence-electron chi connectivity index (χ2n) is 4.18. The number of hydrogen-bond acceptors (Lipinski definition) is 3. The fourth-order valence-electron chi connectivity index (χ4n) is 1.86. The summed E-state index contributed by atoms with van der Waals surface area (Å²) >= 11 is 0. The van der Waals surface area contributed by atoms with Gasteiger partial charge in [0, 0.05) is 17.7 Å². The number of ether oxygens (including phenoxy) is 2. The summed E-state index contributed by atoms with van der Waals surface area (Å²) in [6.07, 6.45) is 3.91. The summed E-state index contributed by atoms with van der Waals surface area (Å²) in [7, 11) is 3.15. The Kier molecular flexibility index (Phi) is 5.93. The van der Waals surface area contributed by atoms with Gasteiger partial charge in [-0.05, 0) is 30.5 Å². The van der Waals surface area contributed by atoms with E-state index in [0.717, 1.165) is 24.0 Å². The van der Waals surface area contributed by atoms with Gasteiger partial charge in [0.25, 0.3) is 0 Å². The van der Waals surface area contributed by atoms with Gasteiger partial charge in [-0.25, -0.2) is 4.79 Å². The Morgan fingerprint density at radius 1 is 1.32 bits per heavy atom. The average molecular weight is 264 g/mol. The lowest BCUT2D eigenvalue weighted by atomic mass is 9.98. The highest BCUT2D eigenvalue weighted by Crippen LogP contribution is 2.32. The molecule has 19 heavy (non-hydrogen) atoms. The van der Waals surface area contributed by atoms with Gasteiger partial charge in [0.2, 0.25) is 0 Å². The van der Waals surface area contributed by atoms with Crippen molar-refractivity contribution < 1.29 is 19.4 Å². The monoisotopic (exact) mass is 264 g/mol. The van der Waals surface area contributed by atoms with Crippen LogP contribution in [0.2, 0.25) is 0 Å². The van der Waals surface area contributed by atoms with E-state index in [1.165, 1.54) is 6.08 Å². The van der Waals surface area contributed by atoms with Gasteiger partial charge in [0.1, 0.15) is 11.5 Å². The zero-order valence-electron chi connectivity index (χ0n) is 11.6. The molecule has 1 N–H and O–H groups in total. The van der Waals surface area contributed by atoms with E-state index in [2.05, 4.69) is 6.92 Å². The van der Waals surface area contributed by atoms with Gasteiger partial charge < -0.3 is 14.6 Å². The van der Waals surface area contributed by atoms with Gasteiger partial charge in [0.15, 0.2) is 0 Å². The number of benzene rings is 1. The van der Waals surface area contributed by atoms with Gasteiger partial charge in [-0.2, -0.15) is 0 Å². The normalized spacial score (nSPS) is 11.2. The van der Waals surface area contributed by atoms with E-state index in [9.17, 15) is 4.79 Å². The molecular weight excluding hydrogens is 244 g/mol. The van der Waals surface area contributed by atoms with Crippen molar-refractivity contribution in [2.45, 2.75) is 26.2 Å². The summed E-state index contributed by atoms with van der Waals surface area (Å²) in [5, 5.41) is 8.97. The molecule has 0 saturated heterocycles. The van der Waals surface area contributed by atoms with Crippen LogP contribution in [0.5, 0.6) is 11.5 Å². The molecule has 0 saturated carbocycles. The number of aliphatic carboxylic acids is 1. The largest absolute Gasteiger partial charge is 0.497 e. The summed E-state index contributed by atoms with van der Waals surface area (Å²) < 4.78 is 10.5. The third-order valence-electron chi connectivity index (χ3n) is 2.85. The standard InChI is InChI=1S/C15H20O4/c1-4-5-6-11(9-15(16)17)13-8-7-12(18-2)10-14(13)19-3/h7-10H,4-6H2,1-3H3,(H,16,17)/b11-9-. The van der Waals surface area contributed by atoms with E-state index < -0.39 is 5.97 Å². The number of methoxy groups -OCH3 is 2. The average Bonchev–Trinajstić information content (AvgIpc) is 2.42. The summed E-state index contributed by atoms with van der Waals surface area (Å²) in [4.78, 5) is 10.9. The van der Waals surface area contributed by atoms with Crippen molar-refractivity contribution in [1.29, 1.82) is 0 Å². The molecule has 0 aromatic heterocycles. The third-order valence-corrected chi connectivity index (χ3v) is 2.85. The van der Waals surface area contributed by atoms with Gasteiger partial charge >= 0.3 is 5.97 Å². The van der Waals surface area contributed by atoms with E-state index in [1.807, 2.05) is 6.07 Å².